The number of hydrogen-bond donors (Lipinski definition) is 2. The van der Waals surface area contributed by atoms with E-state index < -0.39 is 23.7 Å². The highest BCUT2D eigenvalue weighted by molar-refractivity contribution is 6.31. The van der Waals surface area contributed by atoms with Crippen molar-refractivity contribution in [2.45, 2.75) is 12.0 Å². The Morgan fingerprint density at radius 2 is 1.81 bits per heavy atom. The number of benzene rings is 2. The molecule has 0 fully saturated rings. The Morgan fingerprint density at radius 3 is 2.43 bits per heavy atom. The van der Waals surface area contributed by atoms with Crippen LogP contribution in [0.2, 0.25) is 10.0 Å². The molecule has 0 spiro atoms. The van der Waals surface area contributed by atoms with Gasteiger partial charge in [0.2, 0.25) is 0 Å². The smallest absolute Gasteiger partial charge is 0.145 e. The standard InChI is InChI=1S/C15H13Cl2F2NO/c16-11-5-4-8(6-13(11)18)15(21)10(7-20)9-2-1-3-12(17)14(9)19/h1-6,10,15,21H,7,20H2. The quantitative estimate of drug-likeness (QED) is 0.887. The van der Waals surface area contributed by atoms with Gasteiger partial charge in [0, 0.05) is 12.5 Å². The van der Waals surface area contributed by atoms with E-state index in [1.807, 2.05) is 0 Å². The topological polar surface area (TPSA) is 46.2 Å². The first-order chi connectivity index (χ1) is 9.95. The molecule has 2 aromatic rings. The molecule has 0 aliphatic carbocycles. The van der Waals surface area contributed by atoms with E-state index in [0.29, 0.717) is 0 Å². The third-order valence-electron chi connectivity index (χ3n) is 3.30. The van der Waals surface area contributed by atoms with Gasteiger partial charge in [-0.15, -0.1) is 0 Å². The zero-order valence-corrected chi connectivity index (χ0v) is 12.4. The van der Waals surface area contributed by atoms with Crippen molar-refractivity contribution in [1.82, 2.24) is 0 Å². The van der Waals surface area contributed by atoms with Crippen molar-refractivity contribution < 1.29 is 13.9 Å². The van der Waals surface area contributed by atoms with Crippen LogP contribution in [-0.2, 0) is 0 Å². The van der Waals surface area contributed by atoms with Gasteiger partial charge in [0.05, 0.1) is 16.1 Å². The maximum atomic E-state index is 14.1. The molecule has 0 radical (unpaired) electrons. The lowest BCUT2D eigenvalue weighted by atomic mass is 9.89. The lowest BCUT2D eigenvalue weighted by molar-refractivity contribution is 0.145. The van der Waals surface area contributed by atoms with Crippen molar-refractivity contribution in [3.05, 3.63) is 69.2 Å². The fourth-order valence-corrected chi connectivity index (χ4v) is 2.46. The number of hydrogen-bond acceptors (Lipinski definition) is 2. The molecular weight excluding hydrogens is 319 g/mol. The zero-order chi connectivity index (χ0) is 15.6. The normalized spacial score (nSPS) is 14.0. The van der Waals surface area contributed by atoms with E-state index in [2.05, 4.69) is 0 Å². The second-order valence-corrected chi connectivity index (χ2v) is 5.42. The van der Waals surface area contributed by atoms with Crippen LogP contribution in [0.3, 0.4) is 0 Å². The summed E-state index contributed by atoms with van der Waals surface area (Å²) in [7, 11) is 0. The Hall–Kier alpha value is -1.20. The van der Waals surface area contributed by atoms with Gasteiger partial charge in [0.1, 0.15) is 11.6 Å². The van der Waals surface area contributed by atoms with E-state index in [4.69, 9.17) is 28.9 Å². The van der Waals surface area contributed by atoms with E-state index in [-0.39, 0.29) is 27.7 Å². The summed E-state index contributed by atoms with van der Waals surface area (Å²) in [6.07, 6.45) is -1.17. The van der Waals surface area contributed by atoms with E-state index in [1.54, 1.807) is 6.07 Å². The van der Waals surface area contributed by atoms with Crippen LogP contribution in [0, 0.1) is 11.6 Å². The third kappa shape index (κ3) is 3.35. The molecule has 2 aromatic carbocycles. The average Bonchev–Trinajstić information content (AvgIpc) is 2.47. The SMILES string of the molecule is NCC(c1cccc(Cl)c1F)C(O)c1ccc(Cl)c(F)c1. The Labute approximate surface area is 131 Å². The van der Waals surface area contributed by atoms with Crippen LogP contribution in [-0.4, -0.2) is 11.7 Å². The molecule has 2 unspecified atom stereocenters. The summed E-state index contributed by atoms with van der Waals surface area (Å²) in [6.45, 7) is -0.0251. The van der Waals surface area contributed by atoms with Crippen molar-refractivity contribution in [1.29, 1.82) is 0 Å². The minimum absolute atomic E-state index is 0.0251. The van der Waals surface area contributed by atoms with E-state index in [0.717, 1.165) is 6.07 Å². The third-order valence-corrected chi connectivity index (χ3v) is 3.90. The Bertz CT molecular complexity index is 652. The minimum atomic E-state index is -1.17. The summed E-state index contributed by atoms with van der Waals surface area (Å²) < 4.78 is 27.5. The molecule has 0 bridgehead atoms. The largest absolute Gasteiger partial charge is 0.388 e. The summed E-state index contributed by atoms with van der Waals surface area (Å²) in [5.41, 5.74) is 6.10. The first kappa shape index (κ1) is 16.2. The molecule has 0 saturated heterocycles. The van der Waals surface area contributed by atoms with Crippen molar-refractivity contribution in [2.24, 2.45) is 5.73 Å². The molecule has 0 aliphatic rings. The Morgan fingerprint density at radius 1 is 1.10 bits per heavy atom. The molecule has 0 aliphatic heterocycles. The highest BCUT2D eigenvalue weighted by Crippen LogP contribution is 2.34. The number of rotatable bonds is 4. The molecule has 2 rings (SSSR count). The molecule has 21 heavy (non-hydrogen) atoms. The molecule has 0 saturated carbocycles. The molecule has 0 heterocycles. The number of aliphatic hydroxyl groups excluding tert-OH is 1. The predicted molar refractivity (Wildman–Crippen MR) is 79.6 cm³/mol. The van der Waals surface area contributed by atoms with Crippen LogP contribution < -0.4 is 5.73 Å². The summed E-state index contributed by atoms with van der Waals surface area (Å²) in [5.74, 6) is -2.04. The van der Waals surface area contributed by atoms with Crippen LogP contribution in [0.25, 0.3) is 0 Å². The van der Waals surface area contributed by atoms with E-state index in [9.17, 15) is 13.9 Å². The van der Waals surface area contributed by atoms with Crippen molar-refractivity contribution in [2.75, 3.05) is 6.54 Å². The highest BCUT2D eigenvalue weighted by Gasteiger charge is 2.25. The van der Waals surface area contributed by atoms with Gasteiger partial charge >= 0.3 is 0 Å². The van der Waals surface area contributed by atoms with Crippen molar-refractivity contribution in [3.63, 3.8) is 0 Å². The van der Waals surface area contributed by atoms with Crippen LogP contribution in [0.4, 0.5) is 8.78 Å². The average molecular weight is 332 g/mol. The zero-order valence-electron chi connectivity index (χ0n) is 10.9. The second-order valence-electron chi connectivity index (χ2n) is 4.60. The molecule has 112 valence electrons. The molecular formula is C15H13Cl2F2NO. The fraction of sp³-hybridized carbons (Fsp3) is 0.200. The van der Waals surface area contributed by atoms with Gasteiger partial charge in [-0.25, -0.2) is 8.78 Å². The first-order valence-electron chi connectivity index (χ1n) is 6.22. The predicted octanol–water partition coefficient (Wildman–Crippen LogP) is 4.05. The van der Waals surface area contributed by atoms with Crippen LogP contribution in [0.15, 0.2) is 36.4 Å². The first-order valence-corrected chi connectivity index (χ1v) is 6.98. The molecule has 3 N–H and O–H groups in total. The van der Waals surface area contributed by atoms with Gasteiger partial charge in [-0.2, -0.15) is 0 Å². The number of aliphatic hydroxyl groups is 1. The Balaban J connectivity index is 2.40. The van der Waals surface area contributed by atoms with E-state index in [1.165, 1.54) is 24.3 Å². The van der Waals surface area contributed by atoms with Gasteiger partial charge in [-0.3, -0.25) is 0 Å². The maximum absolute atomic E-state index is 14.1. The molecule has 2 atom stereocenters. The minimum Gasteiger partial charge on any atom is -0.388 e. The summed E-state index contributed by atoms with van der Waals surface area (Å²) >= 11 is 11.3. The van der Waals surface area contributed by atoms with Crippen LogP contribution in [0.5, 0.6) is 0 Å². The van der Waals surface area contributed by atoms with Gasteiger partial charge < -0.3 is 10.8 Å². The maximum Gasteiger partial charge on any atom is 0.145 e. The monoisotopic (exact) mass is 331 g/mol. The summed E-state index contributed by atoms with van der Waals surface area (Å²) in [6, 6.07) is 8.38. The Kier molecular flexibility index (Phi) is 5.17. The van der Waals surface area contributed by atoms with E-state index >= 15 is 0 Å². The fourth-order valence-electron chi connectivity index (χ4n) is 2.16. The summed E-state index contributed by atoms with van der Waals surface area (Å²) in [5, 5.41) is 10.3. The van der Waals surface area contributed by atoms with Gasteiger partial charge in [0.25, 0.3) is 0 Å². The van der Waals surface area contributed by atoms with Gasteiger partial charge in [-0.05, 0) is 29.3 Å². The second kappa shape index (κ2) is 6.71. The number of nitrogens with two attached hydrogens (primary N) is 1. The highest BCUT2D eigenvalue weighted by atomic mass is 35.5. The molecule has 6 heteroatoms. The molecule has 2 nitrogen and oxygen atoms in total. The van der Waals surface area contributed by atoms with Gasteiger partial charge in [-0.1, -0.05) is 41.4 Å². The molecule has 0 amide bonds. The van der Waals surface area contributed by atoms with Crippen molar-refractivity contribution in [3.8, 4) is 0 Å². The van der Waals surface area contributed by atoms with Crippen molar-refractivity contribution >= 4 is 23.2 Å². The van der Waals surface area contributed by atoms with Crippen LogP contribution in [0.1, 0.15) is 23.1 Å². The van der Waals surface area contributed by atoms with Crippen LogP contribution >= 0.6 is 23.2 Å². The van der Waals surface area contributed by atoms with Gasteiger partial charge in [0.15, 0.2) is 0 Å². The summed E-state index contributed by atoms with van der Waals surface area (Å²) in [4.78, 5) is 0. The number of halogens is 4. The lowest BCUT2D eigenvalue weighted by Gasteiger charge is -2.23. The molecule has 0 aromatic heterocycles. The lowest BCUT2D eigenvalue weighted by Crippen LogP contribution is -2.21.